The molecule has 2 N–H and O–H groups in total. The van der Waals surface area contributed by atoms with Crippen molar-refractivity contribution in [1.29, 1.82) is 0 Å². The van der Waals surface area contributed by atoms with E-state index in [1.54, 1.807) is 11.8 Å². The summed E-state index contributed by atoms with van der Waals surface area (Å²) in [4.78, 5) is 0. The van der Waals surface area contributed by atoms with Crippen molar-refractivity contribution in [3.05, 3.63) is 0 Å². The van der Waals surface area contributed by atoms with Gasteiger partial charge in [-0.25, -0.2) is 0 Å². The summed E-state index contributed by atoms with van der Waals surface area (Å²) in [6.45, 7) is 6.67. The molecule has 0 radical (unpaired) electrons. The van der Waals surface area contributed by atoms with Gasteiger partial charge in [-0.15, -0.1) is 11.8 Å². The molecule has 0 saturated heterocycles. The lowest BCUT2D eigenvalue weighted by Crippen LogP contribution is -2.35. The predicted molar refractivity (Wildman–Crippen MR) is 47.3 cm³/mol. The molecular formula is C7H17NOS. The molecule has 0 unspecified atom stereocenters. The molecule has 0 aromatic rings. The van der Waals surface area contributed by atoms with Crippen molar-refractivity contribution in [2.24, 2.45) is 0 Å². The minimum Gasteiger partial charge on any atom is -0.396 e. The molecule has 0 amide bonds. The average Bonchev–Trinajstić information content (AvgIpc) is 1.78. The highest BCUT2D eigenvalue weighted by atomic mass is 32.2. The Hall–Kier alpha value is 0.270. The molecule has 0 aliphatic rings. The first-order chi connectivity index (χ1) is 4.56. The number of aliphatic hydroxyl groups excluding tert-OH is 1. The number of hydrogen-bond donors (Lipinski definition) is 2. The fourth-order valence-electron chi connectivity index (χ4n) is 0.404. The summed E-state index contributed by atoms with van der Waals surface area (Å²) >= 11 is 1.72. The van der Waals surface area contributed by atoms with Crippen LogP contribution < -0.4 is 5.32 Å². The van der Waals surface area contributed by atoms with Gasteiger partial charge >= 0.3 is 0 Å². The Labute approximate surface area is 67.4 Å². The van der Waals surface area contributed by atoms with Gasteiger partial charge in [0.15, 0.2) is 0 Å². The number of hydrogen-bond acceptors (Lipinski definition) is 3. The van der Waals surface area contributed by atoms with Crippen molar-refractivity contribution in [3.8, 4) is 0 Å². The van der Waals surface area contributed by atoms with Gasteiger partial charge in [0.05, 0.1) is 6.61 Å². The van der Waals surface area contributed by atoms with Gasteiger partial charge in [-0.3, -0.25) is 0 Å². The van der Waals surface area contributed by atoms with Gasteiger partial charge in [-0.05, 0) is 20.8 Å². The monoisotopic (exact) mass is 163 g/mol. The third kappa shape index (κ3) is 8.27. The SMILES string of the molecule is CC(C)(C)NCSCCO. The van der Waals surface area contributed by atoms with E-state index in [1.807, 2.05) is 0 Å². The number of nitrogens with one attached hydrogen (secondary N) is 1. The van der Waals surface area contributed by atoms with Gasteiger partial charge in [0, 0.05) is 17.2 Å². The zero-order valence-corrected chi connectivity index (χ0v) is 7.79. The lowest BCUT2D eigenvalue weighted by molar-refractivity contribution is 0.322. The molecule has 0 bridgehead atoms. The highest BCUT2D eigenvalue weighted by molar-refractivity contribution is 7.99. The molecule has 0 fully saturated rings. The maximum atomic E-state index is 8.45. The van der Waals surface area contributed by atoms with Crippen LogP contribution in [0.5, 0.6) is 0 Å². The minimum absolute atomic E-state index is 0.197. The zero-order valence-electron chi connectivity index (χ0n) is 6.98. The predicted octanol–water partition coefficient (Wildman–Crippen LogP) is 1.06. The average molecular weight is 163 g/mol. The lowest BCUT2D eigenvalue weighted by atomic mass is 10.1. The second-order valence-electron chi connectivity index (χ2n) is 3.20. The summed E-state index contributed by atoms with van der Waals surface area (Å²) < 4.78 is 0. The third-order valence-electron chi connectivity index (χ3n) is 0.940. The zero-order chi connectivity index (χ0) is 8.04. The Morgan fingerprint density at radius 2 is 2.00 bits per heavy atom. The summed E-state index contributed by atoms with van der Waals surface area (Å²) in [5, 5.41) is 11.8. The van der Waals surface area contributed by atoms with Crippen molar-refractivity contribution in [3.63, 3.8) is 0 Å². The summed E-state index contributed by atoms with van der Waals surface area (Å²) in [5.74, 6) is 1.74. The topological polar surface area (TPSA) is 32.3 Å². The molecule has 10 heavy (non-hydrogen) atoms. The van der Waals surface area contributed by atoms with Crippen molar-refractivity contribution in [2.45, 2.75) is 26.3 Å². The molecule has 0 saturated carbocycles. The number of thioether (sulfide) groups is 1. The molecule has 0 aliphatic carbocycles. The van der Waals surface area contributed by atoms with Crippen LogP contribution in [0.25, 0.3) is 0 Å². The summed E-state index contributed by atoms with van der Waals surface area (Å²) in [6, 6.07) is 0. The van der Waals surface area contributed by atoms with Gasteiger partial charge in [0.2, 0.25) is 0 Å². The molecule has 0 aromatic heterocycles. The molecule has 0 aromatic carbocycles. The largest absolute Gasteiger partial charge is 0.396 e. The van der Waals surface area contributed by atoms with Crippen LogP contribution in [0.2, 0.25) is 0 Å². The van der Waals surface area contributed by atoms with Crippen molar-refractivity contribution >= 4 is 11.8 Å². The highest BCUT2D eigenvalue weighted by Gasteiger charge is 2.06. The molecule has 62 valence electrons. The van der Waals surface area contributed by atoms with E-state index >= 15 is 0 Å². The van der Waals surface area contributed by atoms with Crippen molar-refractivity contribution in [1.82, 2.24) is 5.32 Å². The Balaban J connectivity index is 3.04. The first-order valence-electron chi connectivity index (χ1n) is 3.50. The Kier molecular flexibility index (Phi) is 5.13. The normalized spacial score (nSPS) is 12.0. The van der Waals surface area contributed by atoms with E-state index in [4.69, 9.17) is 5.11 Å². The Morgan fingerprint density at radius 3 is 2.40 bits per heavy atom. The van der Waals surface area contributed by atoms with E-state index < -0.39 is 0 Å². The molecule has 0 heterocycles. The first-order valence-corrected chi connectivity index (χ1v) is 4.65. The molecule has 2 nitrogen and oxygen atoms in total. The van der Waals surface area contributed by atoms with Gasteiger partial charge in [-0.2, -0.15) is 0 Å². The quantitative estimate of drug-likeness (QED) is 0.480. The van der Waals surface area contributed by atoms with Gasteiger partial charge in [0.1, 0.15) is 0 Å². The van der Waals surface area contributed by atoms with Crippen molar-refractivity contribution in [2.75, 3.05) is 18.2 Å². The van der Waals surface area contributed by atoms with Gasteiger partial charge in [-0.1, -0.05) is 0 Å². The Bertz CT molecular complexity index is 80.2. The van der Waals surface area contributed by atoms with Crippen LogP contribution in [-0.2, 0) is 0 Å². The van der Waals surface area contributed by atoms with Crippen LogP contribution in [0.1, 0.15) is 20.8 Å². The van der Waals surface area contributed by atoms with Crippen LogP contribution in [-0.4, -0.2) is 28.9 Å². The van der Waals surface area contributed by atoms with Crippen molar-refractivity contribution < 1.29 is 5.11 Å². The van der Waals surface area contributed by atoms with Crippen LogP contribution >= 0.6 is 11.8 Å². The van der Waals surface area contributed by atoms with Crippen LogP contribution in [0.3, 0.4) is 0 Å². The van der Waals surface area contributed by atoms with E-state index in [0.717, 1.165) is 11.6 Å². The van der Waals surface area contributed by atoms with Crippen LogP contribution in [0, 0.1) is 0 Å². The van der Waals surface area contributed by atoms with Crippen LogP contribution in [0.15, 0.2) is 0 Å². The molecule has 0 rings (SSSR count). The molecule has 0 atom stereocenters. The number of rotatable bonds is 4. The fraction of sp³-hybridized carbons (Fsp3) is 1.00. The first kappa shape index (κ1) is 10.3. The third-order valence-corrected chi connectivity index (χ3v) is 1.76. The minimum atomic E-state index is 0.197. The molecule has 0 aliphatic heterocycles. The van der Waals surface area contributed by atoms with E-state index in [9.17, 15) is 0 Å². The maximum absolute atomic E-state index is 8.45. The highest BCUT2D eigenvalue weighted by Crippen LogP contribution is 2.02. The maximum Gasteiger partial charge on any atom is 0.0522 e. The molecule has 0 spiro atoms. The smallest absolute Gasteiger partial charge is 0.0522 e. The summed E-state index contributed by atoms with van der Waals surface area (Å²) in [7, 11) is 0. The fourth-order valence-corrected chi connectivity index (χ4v) is 1.21. The van der Waals surface area contributed by atoms with E-state index in [-0.39, 0.29) is 12.1 Å². The van der Waals surface area contributed by atoms with Crippen LogP contribution in [0.4, 0.5) is 0 Å². The van der Waals surface area contributed by atoms with E-state index in [0.29, 0.717) is 0 Å². The van der Waals surface area contributed by atoms with Gasteiger partial charge in [0.25, 0.3) is 0 Å². The van der Waals surface area contributed by atoms with E-state index in [1.165, 1.54) is 0 Å². The van der Waals surface area contributed by atoms with E-state index in [2.05, 4.69) is 26.1 Å². The summed E-state index contributed by atoms with van der Waals surface area (Å²) in [6.07, 6.45) is 0. The molecular weight excluding hydrogens is 146 g/mol. The molecule has 3 heteroatoms. The lowest BCUT2D eigenvalue weighted by Gasteiger charge is -2.19. The summed E-state index contributed by atoms with van der Waals surface area (Å²) in [5.41, 5.74) is 0.197. The standard InChI is InChI=1S/C7H17NOS/c1-7(2,3)8-6-10-5-4-9/h8-9H,4-6H2,1-3H3. The second-order valence-corrected chi connectivity index (χ2v) is 4.31. The second kappa shape index (κ2) is 4.99. The Morgan fingerprint density at radius 1 is 1.40 bits per heavy atom. The van der Waals surface area contributed by atoms with Gasteiger partial charge < -0.3 is 10.4 Å². The number of aliphatic hydroxyl groups is 1.